The molecule has 0 aliphatic carbocycles. The summed E-state index contributed by atoms with van der Waals surface area (Å²) < 4.78 is 14.0. The van der Waals surface area contributed by atoms with Crippen molar-refractivity contribution >= 4 is 30.7 Å². The van der Waals surface area contributed by atoms with Gasteiger partial charge in [0.1, 0.15) is 36.2 Å². The Morgan fingerprint density at radius 1 is 1.00 bits per heavy atom. The van der Waals surface area contributed by atoms with Crippen molar-refractivity contribution in [3.05, 3.63) is 77.8 Å². The number of hydrogen-bond donors (Lipinski definition) is 0. The van der Waals surface area contributed by atoms with Crippen molar-refractivity contribution in [1.82, 2.24) is 14.5 Å². The number of aromatic nitrogens is 3. The second-order valence-corrected chi connectivity index (χ2v) is 15.0. The molecule has 4 aromatic rings. The first-order chi connectivity index (χ1) is 15.4. The van der Waals surface area contributed by atoms with E-state index in [4.69, 9.17) is 21.1 Å². The third-order valence-corrected chi connectivity index (χ3v) is 7.22. The zero-order valence-electron chi connectivity index (χ0n) is 18.7. The topological polar surface area (TPSA) is 49.2 Å². The monoisotopic (exact) mass is 465 g/mol. The lowest BCUT2D eigenvalue weighted by atomic mass is 10.1. The van der Waals surface area contributed by atoms with Crippen molar-refractivity contribution in [1.29, 1.82) is 0 Å². The summed E-state index contributed by atoms with van der Waals surface area (Å²) in [5.41, 5.74) is 3.85. The van der Waals surface area contributed by atoms with Gasteiger partial charge in [-0.05, 0) is 29.3 Å². The molecule has 0 spiro atoms. The Hall–Kier alpha value is -2.67. The fourth-order valence-electron chi connectivity index (χ4n) is 3.44. The first kappa shape index (κ1) is 22.5. The minimum atomic E-state index is -1.14. The highest BCUT2D eigenvalue weighted by atomic mass is 35.5. The molecular weight excluding hydrogens is 438 g/mol. The van der Waals surface area contributed by atoms with Crippen LogP contribution in [0.4, 0.5) is 0 Å². The first-order valence-corrected chi connectivity index (χ1v) is 14.8. The highest BCUT2D eigenvalue weighted by Crippen LogP contribution is 2.35. The molecule has 0 saturated heterocycles. The molecule has 166 valence electrons. The van der Waals surface area contributed by atoms with Gasteiger partial charge in [0.05, 0.1) is 5.39 Å². The van der Waals surface area contributed by atoms with E-state index >= 15 is 0 Å². The smallest absolute Gasteiger partial charge is 0.147 e. The Balaban J connectivity index is 1.58. The molecule has 0 aliphatic rings. The van der Waals surface area contributed by atoms with Crippen molar-refractivity contribution in [2.45, 2.75) is 39.0 Å². The Morgan fingerprint density at radius 2 is 1.81 bits per heavy atom. The number of halogens is 1. The molecule has 2 aromatic carbocycles. The molecular formula is C25H28ClN3O2Si. The maximum Gasteiger partial charge on any atom is 0.147 e. The van der Waals surface area contributed by atoms with E-state index < -0.39 is 8.07 Å². The molecule has 0 amide bonds. The van der Waals surface area contributed by atoms with Gasteiger partial charge >= 0.3 is 0 Å². The fourth-order valence-corrected chi connectivity index (χ4v) is 4.43. The maximum atomic E-state index is 6.50. The van der Waals surface area contributed by atoms with Crippen LogP contribution in [0.2, 0.25) is 30.8 Å². The molecule has 0 unspecified atom stereocenters. The van der Waals surface area contributed by atoms with Crippen molar-refractivity contribution in [2.24, 2.45) is 0 Å². The molecule has 0 radical (unpaired) electrons. The predicted octanol–water partition coefficient (Wildman–Crippen LogP) is 6.64. The van der Waals surface area contributed by atoms with Crippen LogP contribution in [0.5, 0.6) is 5.75 Å². The number of ether oxygens (including phenoxy) is 2. The highest BCUT2D eigenvalue weighted by molar-refractivity contribution is 6.76. The van der Waals surface area contributed by atoms with E-state index in [0.29, 0.717) is 18.5 Å². The molecule has 2 heterocycles. The molecule has 7 heteroatoms. The third-order valence-electron chi connectivity index (χ3n) is 5.23. The molecule has 0 atom stereocenters. The summed E-state index contributed by atoms with van der Waals surface area (Å²) in [4.78, 5) is 8.69. The van der Waals surface area contributed by atoms with Gasteiger partial charge in [-0.1, -0.05) is 73.7 Å². The van der Waals surface area contributed by atoms with Gasteiger partial charge in [-0.15, -0.1) is 0 Å². The van der Waals surface area contributed by atoms with Gasteiger partial charge in [-0.25, -0.2) is 9.97 Å². The lowest BCUT2D eigenvalue weighted by Crippen LogP contribution is -2.22. The summed E-state index contributed by atoms with van der Waals surface area (Å²) in [7, 11) is -1.14. The molecule has 0 bridgehead atoms. The van der Waals surface area contributed by atoms with E-state index in [9.17, 15) is 0 Å². The molecule has 0 saturated carbocycles. The summed E-state index contributed by atoms with van der Waals surface area (Å²) in [6, 6.07) is 19.3. The maximum absolute atomic E-state index is 6.50. The summed E-state index contributed by atoms with van der Waals surface area (Å²) >= 11 is 6.50. The van der Waals surface area contributed by atoms with Crippen LogP contribution in [0.15, 0.2) is 67.1 Å². The number of hydrogen-bond acceptors (Lipinski definition) is 4. The average molecular weight is 466 g/mol. The lowest BCUT2D eigenvalue weighted by Gasteiger charge is -2.15. The molecule has 32 heavy (non-hydrogen) atoms. The summed E-state index contributed by atoms with van der Waals surface area (Å²) in [5.74, 6) is 0.798. The van der Waals surface area contributed by atoms with Gasteiger partial charge in [-0.2, -0.15) is 0 Å². The average Bonchev–Trinajstić information content (AvgIpc) is 3.16. The predicted molar refractivity (Wildman–Crippen MR) is 133 cm³/mol. The molecule has 4 rings (SSSR count). The lowest BCUT2D eigenvalue weighted by molar-refractivity contribution is 0.0899. The van der Waals surface area contributed by atoms with E-state index in [1.54, 1.807) is 0 Å². The van der Waals surface area contributed by atoms with Crippen LogP contribution in [0.1, 0.15) is 5.56 Å². The van der Waals surface area contributed by atoms with E-state index in [0.717, 1.165) is 46.1 Å². The van der Waals surface area contributed by atoms with Gasteiger partial charge in [0.2, 0.25) is 0 Å². The van der Waals surface area contributed by atoms with Gasteiger partial charge in [0.15, 0.2) is 0 Å². The van der Waals surface area contributed by atoms with E-state index in [1.165, 1.54) is 6.33 Å². The Bertz CT molecular complexity index is 1190. The fraction of sp³-hybridized carbons (Fsp3) is 0.280. The van der Waals surface area contributed by atoms with Gasteiger partial charge in [-0.3, -0.25) is 0 Å². The second kappa shape index (κ2) is 9.86. The van der Waals surface area contributed by atoms with Crippen LogP contribution in [0.25, 0.3) is 22.2 Å². The molecule has 5 nitrogen and oxygen atoms in total. The zero-order valence-corrected chi connectivity index (χ0v) is 20.5. The molecule has 0 N–H and O–H groups in total. The van der Waals surface area contributed by atoms with E-state index in [1.807, 2.05) is 53.2 Å². The minimum absolute atomic E-state index is 0.429. The van der Waals surface area contributed by atoms with Crippen LogP contribution < -0.4 is 4.74 Å². The Morgan fingerprint density at radius 3 is 2.59 bits per heavy atom. The van der Waals surface area contributed by atoms with Crippen LogP contribution >= 0.6 is 11.6 Å². The summed E-state index contributed by atoms with van der Waals surface area (Å²) in [5, 5.41) is 1.25. The molecule has 0 aliphatic heterocycles. The first-order valence-electron chi connectivity index (χ1n) is 10.7. The number of nitrogens with zero attached hydrogens (tertiary/aromatic N) is 3. The molecule has 2 aromatic heterocycles. The van der Waals surface area contributed by atoms with Crippen molar-refractivity contribution in [3.63, 3.8) is 0 Å². The van der Waals surface area contributed by atoms with Crippen LogP contribution in [-0.4, -0.2) is 29.2 Å². The Kier molecular flexibility index (Phi) is 6.94. The van der Waals surface area contributed by atoms with E-state index in [2.05, 4.69) is 41.7 Å². The molecule has 0 fully saturated rings. The third kappa shape index (κ3) is 5.57. The van der Waals surface area contributed by atoms with Crippen molar-refractivity contribution in [2.75, 3.05) is 6.61 Å². The number of fused-ring (bicyclic) bond motifs is 1. The van der Waals surface area contributed by atoms with Crippen molar-refractivity contribution in [3.8, 4) is 16.9 Å². The second-order valence-electron chi connectivity index (χ2n) is 9.03. The zero-order chi connectivity index (χ0) is 22.6. The number of benzene rings is 2. The minimum Gasteiger partial charge on any atom is -0.489 e. The SMILES string of the molecule is C[Si](C)(C)CCOCn1cc(-c2cccc(OCc3ccccc3)c2)c2c(Cl)ncnc21. The van der Waals surface area contributed by atoms with Crippen LogP contribution in [-0.2, 0) is 18.1 Å². The standard InChI is InChI=1S/C25H28ClN3O2Si/c1-32(2,3)13-12-30-18-29-15-22(23-24(26)27-17-28-25(23)29)20-10-7-11-21(14-20)31-16-19-8-5-4-6-9-19/h4-11,14-15,17H,12-13,16,18H2,1-3H3. The Labute approximate surface area is 195 Å². The van der Waals surface area contributed by atoms with Crippen molar-refractivity contribution < 1.29 is 9.47 Å². The summed E-state index contributed by atoms with van der Waals surface area (Å²) in [6.45, 7) is 8.73. The number of rotatable bonds is 9. The summed E-state index contributed by atoms with van der Waals surface area (Å²) in [6.07, 6.45) is 3.53. The van der Waals surface area contributed by atoms with Crippen LogP contribution in [0, 0.1) is 0 Å². The normalized spacial score (nSPS) is 11.8. The quantitative estimate of drug-likeness (QED) is 0.158. The highest BCUT2D eigenvalue weighted by Gasteiger charge is 2.17. The van der Waals surface area contributed by atoms with E-state index in [-0.39, 0.29) is 0 Å². The van der Waals surface area contributed by atoms with Gasteiger partial charge < -0.3 is 14.0 Å². The van der Waals surface area contributed by atoms with Crippen LogP contribution in [0.3, 0.4) is 0 Å². The van der Waals surface area contributed by atoms with Gasteiger partial charge in [0, 0.05) is 26.4 Å². The largest absolute Gasteiger partial charge is 0.489 e. The van der Waals surface area contributed by atoms with Gasteiger partial charge in [0.25, 0.3) is 0 Å².